The molecule has 142 valence electrons. The predicted molar refractivity (Wildman–Crippen MR) is 76.7 cm³/mol. The summed E-state index contributed by atoms with van der Waals surface area (Å²) >= 11 is 0. The molecule has 0 aromatic heterocycles. The highest BCUT2D eigenvalue weighted by Gasteiger charge is 2.39. The largest absolute Gasteiger partial charge is 0.416 e. The monoisotopic (exact) mass is 384 g/mol. The smallest absolute Gasteiger partial charge is 0.322 e. The second-order valence-corrected chi connectivity index (χ2v) is 5.51. The van der Waals surface area contributed by atoms with Gasteiger partial charge in [0.25, 0.3) is 0 Å². The summed E-state index contributed by atoms with van der Waals surface area (Å²) in [4.78, 5) is 0. The second kappa shape index (κ2) is 6.84. The van der Waals surface area contributed by atoms with Crippen LogP contribution in [0, 0.1) is 11.6 Å². The van der Waals surface area contributed by atoms with E-state index in [1.165, 1.54) is 0 Å². The van der Waals surface area contributed by atoms with Crippen LogP contribution in [0.15, 0.2) is 36.4 Å². The molecule has 0 saturated heterocycles. The molecule has 2 aromatic rings. The molecule has 0 saturated carbocycles. The molecule has 0 bridgehead atoms. The van der Waals surface area contributed by atoms with E-state index in [4.69, 9.17) is 11.5 Å². The second-order valence-electron chi connectivity index (χ2n) is 5.51. The maximum atomic E-state index is 13.2. The summed E-state index contributed by atoms with van der Waals surface area (Å²) < 4.78 is 105. The molecule has 0 amide bonds. The number of hydrogen-bond donors (Lipinski definition) is 2. The van der Waals surface area contributed by atoms with E-state index in [-0.39, 0.29) is 12.1 Å². The van der Waals surface area contributed by atoms with Crippen molar-refractivity contribution >= 4 is 0 Å². The SMILES string of the molecule is NC(c1ccc(F)cc1C(F)(F)F)C(N)c1ccc(F)cc1C(F)(F)F. The molecular weight excluding hydrogens is 372 g/mol. The van der Waals surface area contributed by atoms with Crippen molar-refractivity contribution in [3.63, 3.8) is 0 Å². The highest BCUT2D eigenvalue weighted by atomic mass is 19.4. The van der Waals surface area contributed by atoms with Crippen molar-refractivity contribution in [3.05, 3.63) is 70.3 Å². The van der Waals surface area contributed by atoms with Gasteiger partial charge < -0.3 is 11.5 Å². The van der Waals surface area contributed by atoms with E-state index in [0.717, 1.165) is 0 Å². The van der Waals surface area contributed by atoms with E-state index in [9.17, 15) is 35.1 Å². The molecule has 0 aliphatic rings. The zero-order chi connectivity index (χ0) is 19.9. The number of benzene rings is 2. The van der Waals surface area contributed by atoms with Crippen LogP contribution < -0.4 is 11.5 Å². The summed E-state index contributed by atoms with van der Waals surface area (Å²) in [6.45, 7) is 0. The number of alkyl halides is 6. The number of hydrogen-bond acceptors (Lipinski definition) is 2. The van der Waals surface area contributed by atoms with Crippen molar-refractivity contribution in [2.45, 2.75) is 24.4 Å². The Hall–Kier alpha value is -2.20. The summed E-state index contributed by atoms with van der Waals surface area (Å²) in [6.07, 6.45) is -9.99. The van der Waals surface area contributed by atoms with Gasteiger partial charge in [0.05, 0.1) is 11.1 Å². The summed E-state index contributed by atoms with van der Waals surface area (Å²) in [7, 11) is 0. The van der Waals surface area contributed by atoms with E-state index in [0.29, 0.717) is 24.3 Å². The summed E-state index contributed by atoms with van der Waals surface area (Å²) in [6, 6.07) is -0.357. The Morgan fingerprint density at radius 3 is 1.19 bits per heavy atom. The van der Waals surface area contributed by atoms with Gasteiger partial charge in [-0.25, -0.2) is 8.78 Å². The van der Waals surface area contributed by atoms with Crippen molar-refractivity contribution in [1.82, 2.24) is 0 Å². The summed E-state index contributed by atoms with van der Waals surface area (Å²) in [5, 5.41) is 0. The molecular formula is C16H12F8N2. The van der Waals surface area contributed by atoms with Gasteiger partial charge in [-0.1, -0.05) is 12.1 Å². The van der Waals surface area contributed by atoms with Gasteiger partial charge >= 0.3 is 12.4 Å². The van der Waals surface area contributed by atoms with Gasteiger partial charge in [-0.15, -0.1) is 0 Å². The molecule has 2 atom stereocenters. The zero-order valence-electron chi connectivity index (χ0n) is 12.8. The first-order valence-corrected chi connectivity index (χ1v) is 7.07. The van der Waals surface area contributed by atoms with Crippen molar-refractivity contribution in [2.75, 3.05) is 0 Å². The third-order valence-corrected chi connectivity index (χ3v) is 3.75. The molecule has 2 rings (SSSR count). The summed E-state index contributed by atoms with van der Waals surface area (Å²) in [5.74, 6) is -2.39. The molecule has 0 aliphatic carbocycles. The Bertz CT molecular complexity index is 730. The third kappa shape index (κ3) is 4.13. The fourth-order valence-corrected chi connectivity index (χ4v) is 2.52. The van der Waals surface area contributed by atoms with Crippen LogP contribution in [0.3, 0.4) is 0 Å². The standard InChI is InChI=1S/C16H12F8N2/c17-7-1-3-9(11(5-7)15(19,20)21)13(25)14(26)10-4-2-8(18)6-12(10)16(22,23)24/h1-6,13-14H,25-26H2. The molecule has 0 spiro atoms. The van der Waals surface area contributed by atoms with Crippen LogP contribution in [0.1, 0.15) is 34.3 Å². The fraction of sp³-hybridized carbons (Fsp3) is 0.250. The normalized spacial score (nSPS) is 15.0. The van der Waals surface area contributed by atoms with E-state index in [1.807, 2.05) is 0 Å². The molecule has 2 aromatic carbocycles. The lowest BCUT2D eigenvalue weighted by atomic mass is 9.89. The lowest BCUT2D eigenvalue weighted by Gasteiger charge is -2.26. The van der Waals surface area contributed by atoms with Crippen LogP contribution in [-0.4, -0.2) is 0 Å². The van der Waals surface area contributed by atoms with E-state index in [2.05, 4.69) is 0 Å². The average molecular weight is 384 g/mol. The van der Waals surface area contributed by atoms with E-state index in [1.54, 1.807) is 0 Å². The lowest BCUT2D eigenvalue weighted by Crippen LogP contribution is -2.30. The average Bonchev–Trinajstić information content (AvgIpc) is 2.51. The number of nitrogens with two attached hydrogens (primary N) is 2. The highest BCUT2D eigenvalue weighted by molar-refractivity contribution is 5.39. The van der Waals surface area contributed by atoms with Crippen molar-refractivity contribution in [3.8, 4) is 0 Å². The van der Waals surface area contributed by atoms with Gasteiger partial charge in [-0.05, 0) is 35.4 Å². The first-order chi connectivity index (χ1) is 11.8. The molecule has 0 aliphatic heterocycles. The van der Waals surface area contributed by atoms with E-state index >= 15 is 0 Å². The maximum absolute atomic E-state index is 13.2. The molecule has 0 fully saturated rings. The van der Waals surface area contributed by atoms with Crippen molar-refractivity contribution < 1.29 is 35.1 Å². The number of rotatable bonds is 3. The minimum Gasteiger partial charge on any atom is -0.322 e. The molecule has 0 radical (unpaired) electrons. The van der Waals surface area contributed by atoms with Crippen molar-refractivity contribution in [2.24, 2.45) is 11.5 Å². The molecule has 26 heavy (non-hydrogen) atoms. The van der Waals surface area contributed by atoms with Crippen LogP contribution >= 0.6 is 0 Å². The predicted octanol–water partition coefficient (Wildman–Crippen LogP) is 4.70. The fourth-order valence-electron chi connectivity index (χ4n) is 2.52. The minimum atomic E-state index is -5.00. The Balaban J connectivity index is 2.55. The van der Waals surface area contributed by atoms with Gasteiger partial charge in [0.1, 0.15) is 11.6 Å². The Labute approximate surface area is 142 Å². The van der Waals surface area contributed by atoms with Gasteiger partial charge in [0.2, 0.25) is 0 Å². The first-order valence-electron chi connectivity index (χ1n) is 7.07. The quantitative estimate of drug-likeness (QED) is 0.754. The third-order valence-electron chi connectivity index (χ3n) is 3.75. The van der Waals surface area contributed by atoms with Crippen LogP contribution in [-0.2, 0) is 12.4 Å². The Morgan fingerprint density at radius 2 is 0.923 bits per heavy atom. The van der Waals surface area contributed by atoms with E-state index < -0.39 is 58.3 Å². The van der Waals surface area contributed by atoms with Crippen LogP contribution in [0.2, 0.25) is 0 Å². The molecule has 4 N–H and O–H groups in total. The minimum absolute atomic E-state index is 0.178. The zero-order valence-corrected chi connectivity index (χ0v) is 12.8. The Morgan fingerprint density at radius 1 is 0.615 bits per heavy atom. The van der Waals surface area contributed by atoms with Gasteiger partial charge in [-0.3, -0.25) is 0 Å². The van der Waals surface area contributed by atoms with Gasteiger partial charge in [0, 0.05) is 12.1 Å². The van der Waals surface area contributed by atoms with Gasteiger partial charge in [-0.2, -0.15) is 26.3 Å². The lowest BCUT2D eigenvalue weighted by molar-refractivity contribution is -0.140. The molecule has 2 unspecified atom stereocenters. The number of halogens is 8. The molecule has 10 heteroatoms. The summed E-state index contributed by atoms with van der Waals surface area (Å²) in [5.41, 5.74) is 7.07. The van der Waals surface area contributed by atoms with Gasteiger partial charge in [0.15, 0.2) is 0 Å². The van der Waals surface area contributed by atoms with Crippen LogP contribution in [0.25, 0.3) is 0 Å². The molecule has 2 nitrogen and oxygen atoms in total. The topological polar surface area (TPSA) is 52.0 Å². The molecule has 0 heterocycles. The highest BCUT2D eigenvalue weighted by Crippen LogP contribution is 2.40. The maximum Gasteiger partial charge on any atom is 0.416 e. The Kier molecular flexibility index (Phi) is 5.29. The first kappa shape index (κ1) is 20.1. The van der Waals surface area contributed by atoms with Crippen LogP contribution in [0.5, 0.6) is 0 Å². The van der Waals surface area contributed by atoms with Crippen LogP contribution in [0.4, 0.5) is 35.1 Å². The van der Waals surface area contributed by atoms with Crippen molar-refractivity contribution in [1.29, 1.82) is 0 Å².